The summed E-state index contributed by atoms with van der Waals surface area (Å²) in [5.74, 6) is -1.06. The Morgan fingerprint density at radius 1 is 1.47 bits per heavy atom. The molecular weight excluding hydrogens is 194 g/mol. The second-order valence-electron chi connectivity index (χ2n) is 3.09. The van der Waals surface area contributed by atoms with Gasteiger partial charge in [-0.1, -0.05) is 6.07 Å². The lowest BCUT2D eigenvalue weighted by Crippen LogP contribution is -1.99. The van der Waals surface area contributed by atoms with Gasteiger partial charge >= 0.3 is 5.97 Å². The van der Waals surface area contributed by atoms with Gasteiger partial charge < -0.3 is 5.11 Å². The minimum absolute atomic E-state index is 0.00574. The number of H-pyrrole nitrogens is 1. The minimum atomic E-state index is -1.06. The maximum atomic E-state index is 10.9. The van der Waals surface area contributed by atoms with Gasteiger partial charge in [0.25, 0.3) is 0 Å². The fraction of sp³-hybridized carbons (Fsp3) is 0.100. The van der Waals surface area contributed by atoms with E-state index in [1.54, 1.807) is 31.3 Å². The zero-order valence-corrected chi connectivity index (χ0v) is 8.06. The number of hydrogen-bond donors (Lipinski definition) is 2. The molecule has 0 saturated carbocycles. The van der Waals surface area contributed by atoms with Gasteiger partial charge in [0.1, 0.15) is 0 Å². The van der Waals surface area contributed by atoms with Crippen LogP contribution < -0.4 is 0 Å². The van der Waals surface area contributed by atoms with E-state index < -0.39 is 5.97 Å². The number of aromatic amines is 1. The number of carbonyl (C=O) groups is 1. The molecule has 0 atom stereocenters. The lowest BCUT2D eigenvalue weighted by Gasteiger charge is -1.99. The molecule has 5 heteroatoms. The summed E-state index contributed by atoms with van der Waals surface area (Å²) in [7, 11) is 0. The van der Waals surface area contributed by atoms with Gasteiger partial charge in [0, 0.05) is 11.9 Å². The van der Waals surface area contributed by atoms with Crippen molar-refractivity contribution in [2.45, 2.75) is 6.92 Å². The molecule has 0 unspecified atom stereocenters. The van der Waals surface area contributed by atoms with Gasteiger partial charge in [-0.3, -0.25) is 10.1 Å². The van der Waals surface area contributed by atoms with Crippen molar-refractivity contribution >= 4 is 5.97 Å². The Bertz CT molecular complexity index is 491. The number of carboxylic acids is 1. The van der Waals surface area contributed by atoms with Crippen molar-refractivity contribution in [1.82, 2.24) is 15.2 Å². The third-order valence-electron chi connectivity index (χ3n) is 2.07. The second-order valence-corrected chi connectivity index (χ2v) is 3.09. The predicted molar refractivity (Wildman–Crippen MR) is 53.5 cm³/mol. The highest BCUT2D eigenvalue weighted by Gasteiger charge is 2.18. The molecule has 0 radical (unpaired) electrons. The summed E-state index contributed by atoms with van der Waals surface area (Å²) in [6.45, 7) is 1.77. The van der Waals surface area contributed by atoms with Crippen molar-refractivity contribution in [3.05, 3.63) is 35.8 Å². The van der Waals surface area contributed by atoms with Crippen molar-refractivity contribution in [2.75, 3.05) is 0 Å². The first-order valence-electron chi connectivity index (χ1n) is 4.40. The maximum absolute atomic E-state index is 10.9. The third-order valence-corrected chi connectivity index (χ3v) is 2.07. The van der Waals surface area contributed by atoms with Crippen molar-refractivity contribution in [3.63, 3.8) is 0 Å². The van der Waals surface area contributed by atoms with E-state index in [2.05, 4.69) is 15.2 Å². The van der Waals surface area contributed by atoms with E-state index in [0.29, 0.717) is 17.0 Å². The summed E-state index contributed by atoms with van der Waals surface area (Å²) in [5, 5.41) is 15.3. The van der Waals surface area contributed by atoms with E-state index in [1.165, 1.54) is 0 Å². The monoisotopic (exact) mass is 203 g/mol. The number of hydrogen-bond acceptors (Lipinski definition) is 3. The highest BCUT2D eigenvalue weighted by molar-refractivity contribution is 5.94. The first kappa shape index (κ1) is 9.39. The lowest BCUT2D eigenvalue weighted by atomic mass is 10.1. The lowest BCUT2D eigenvalue weighted by molar-refractivity contribution is 0.0691. The van der Waals surface area contributed by atoms with E-state index >= 15 is 0 Å². The number of nitrogens with one attached hydrogen (secondary N) is 1. The van der Waals surface area contributed by atoms with Crippen LogP contribution in [0.4, 0.5) is 0 Å². The average Bonchev–Trinajstić information content (AvgIpc) is 2.61. The molecule has 0 fully saturated rings. The molecule has 2 heterocycles. The average molecular weight is 203 g/mol. The largest absolute Gasteiger partial charge is 0.476 e. The summed E-state index contributed by atoms with van der Waals surface area (Å²) in [6.07, 6.45) is 1.62. The van der Waals surface area contributed by atoms with Gasteiger partial charge in [0.2, 0.25) is 0 Å². The fourth-order valence-electron chi connectivity index (χ4n) is 1.41. The molecule has 0 spiro atoms. The number of pyridine rings is 1. The molecule has 5 nitrogen and oxygen atoms in total. The summed E-state index contributed by atoms with van der Waals surface area (Å²) in [4.78, 5) is 15.0. The first-order chi connectivity index (χ1) is 7.20. The van der Waals surface area contributed by atoms with E-state index in [9.17, 15) is 4.79 Å². The Balaban J connectivity index is 2.62. The summed E-state index contributed by atoms with van der Waals surface area (Å²) >= 11 is 0. The van der Waals surface area contributed by atoms with Crippen LogP contribution in [0.5, 0.6) is 0 Å². The maximum Gasteiger partial charge on any atom is 0.357 e. The molecule has 2 aromatic heterocycles. The summed E-state index contributed by atoms with van der Waals surface area (Å²) in [6, 6.07) is 5.34. The molecule has 0 saturated heterocycles. The summed E-state index contributed by atoms with van der Waals surface area (Å²) in [5.41, 5.74) is 1.86. The van der Waals surface area contributed by atoms with Crippen LogP contribution in [0.3, 0.4) is 0 Å². The standard InChI is InChI=1S/C10H9N3O2/c1-6-8(7-4-2-3-5-11-7)9(10(14)15)13-12-6/h2-5H,1H3,(H,12,13)(H,14,15). The predicted octanol–water partition coefficient (Wildman–Crippen LogP) is 1.48. The number of carboxylic acid groups (broad SMARTS) is 1. The molecule has 0 aliphatic rings. The highest BCUT2D eigenvalue weighted by atomic mass is 16.4. The molecule has 0 aliphatic carbocycles. The van der Waals surface area contributed by atoms with Gasteiger partial charge in [-0.25, -0.2) is 4.79 Å². The van der Waals surface area contributed by atoms with Crippen LogP contribution in [0, 0.1) is 6.92 Å². The first-order valence-corrected chi connectivity index (χ1v) is 4.40. The van der Waals surface area contributed by atoms with Crippen molar-refractivity contribution in [2.24, 2.45) is 0 Å². The number of rotatable bonds is 2. The SMILES string of the molecule is Cc1[nH]nc(C(=O)O)c1-c1ccccn1. The van der Waals surface area contributed by atoms with Crippen LogP contribution in [-0.2, 0) is 0 Å². The van der Waals surface area contributed by atoms with Crippen LogP contribution in [0.1, 0.15) is 16.2 Å². The highest BCUT2D eigenvalue weighted by Crippen LogP contribution is 2.23. The topological polar surface area (TPSA) is 78.9 Å². The normalized spacial score (nSPS) is 10.2. The molecule has 2 aromatic rings. The van der Waals surface area contributed by atoms with Crippen LogP contribution >= 0.6 is 0 Å². The van der Waals surface area contributed by atoms with Gasteiger partial charge in [-0.2, -0.15) is 5.10 Å². The number of aromatic carboxylic acids is 1. The Morgan fingerprint density at radius 2 is 2.27 bits per heavy atom. The molecule has 0 bridgehead atoms. The number of nitrogens with zero attached hydrogens (tertiary/aromatic N) is 2. The van der Waals surface area contributed by atoms with Crippen molar-refractivity contribution < 1.29 is 9.90 Å². The van der Waals surface area contributed by atoms with Gasteiger partial charge in [-0.05, 0) is 19.1 Å². The molecule has 2 rings (SSSR count). The summed E-state index contributed by atoms with van der Waals surface area (Å²) < 4.78 is 0. The molecule has 2 N–H and O–H groups in total. The van der Waals surface area contributed by atoms with E-state index in [-0.39, 0.29) is 5.69 Å². The number of aryl methyl sites for hydroxylation is 1. The zero-order valence-electron chi connectivity index (χ0n) is 8.06. The Morgan fingerprint density at radius 3 is 2.87 bits per heavy atom. The van der Waals surface area contributed by atoms with E-state index in [1.807, 2.05) is 0 Å². The molecule has 0 aliphatic heterocycles. The third kappa shape index (κ3) is 1.59. The van der Waals surface area contributed by atoms with Gasteiger partial charge in [0.05, 0.1) is 11.3 Å². The Hall–Kier alpha value is -2.17. The van der Waals surface area contributed by atoms with Crippen LogP contribution in [0.15, 0.2) is 24.4 Å². The van der Waals surface area contributed by atoms with Gasteiger partial charge in [0.15, 0.2) is 5.69 Å². The smallest absolute Gasteiger partial charge is 0.357 e. The van der Waals surface area contributed by atoms with Gasteiger partial charge in [-0.15, -0.1) is 0 Å². The molecule has 76 valence electrons. The molecule has 0 amide bonds. The Labute approximate surface area is 85.8 Å². The zero-order chi connectivity index (χ0) is 10.8. The molecule has 15 heavy (non-hydrogen) atoms. The minimum Gasteiger partial charge on any atom is -0.476 e. The second kappa shape index (κ2) is 3.53. The molecule has 0 aromatic carbocycles. The quantitative estimate of drug-likeness (QED) is 0.774. The van der Waals surface area contributed by atoms with Crippen LogP contribution in [0.25, 0.3) is 11.3 Å². The van der Waals surface area contributed by atoms with E-state index in [4.69, 9.17) is 5.11 Å². The van der Waals surface area contributed by atoms with Crippen molar-refractivity contribution in [3.8, 4) is 11.3 Å². The van der Waals surface area contributed by atoms with Crippen LogP contribution in [0.2, 0.25) is 0 Å². The number of aromatic nitrogens is 3. The van der Waals surface area contributed by atoms with E-state index in [0.717, 1.165) is 0 Å². The van der Waals surface area contributed by atoms with Crippen molar-refractivity contribution in [1.29, 1.82) is 0 Å². The molecular formula is C10H9N3O2. The van der Waals surface area contributed by atoms with Crippen LogP contribution in [-0.4, -0.2) is 26.3 Å². The Kier molecular flexibility index (Phi) is 2.21. The fourth-order valence-corrected chi connectivity index (χ4v) is 1.41.